The van der Waals surface area contributed by atoms with E-state index >= 15 is 0 Å². The van der Waals surface area contributed by atoms with E-state index in [1.54, 1.807) is 18.2 Å². The molecule has 0 atom stereocenters. The predicted molar refractivity (Wildman–Crippen MR) is 73.0 cm³/mol. The van der Waals surface area contributed by atoms with Gasteiger partial charge >= 0.3 is 0 Å². The molecular formula is C12H16N2O4S. The van der Waals surface area contributed by atoms with Crippen LogP contribution in [0.3, 0.4) is 0 Å². The van der Waals surface area contributed by atoms with E-state index in [0.717, 1.165) is 0 Å². The normalized spacial score (nSPS) is 17.3. The maximum Gasteiger partial charge on any atom is 0.235 e. The number of carbonyl (C=O) groups is 1. The van der Waals surface area contributed by atoms with E-state index in [9.17, 15) is 13.2 Å². The van der Waals surface area contributed by atoms with Gasteiger partial charge < -0.3 is 10.1 Å². The number of nitrogens with zero attached hydrogens (tertiary/aromatic N) is 1. The van der Waals surface area contributed by atoms with Gasteiger partial charge in [0.15, 0.2) is 0 Å². The summed E-state index contributed by atoms with van der Waals surface area (Å²) >= 11 is 0. The molecule has 0 bridgehead atoms. The van der Waals surface area contributed by atoms with Crippen LogP contribution in [0.5, 0.6) is 5.75 Å². The van der Waals surface area contributed by atoms with Gasteiger partial charge in [-0.05, 0) is 24.6 Å². The van der Waals surface area contributed by atoms with Crippen LogP contribution in [0.2, 0.25) is 0 Å². The number of hydrogen-bond donors (Lipinski definition) is 1. The lowest BCUT2D eigenvalue weighted by Gasteiger charge is -2.19. The van der Waals surface area contributed by atoms with Crippen LogP contribution in [0.4, 0.5) is 11.4 Å². The maximum atomic E-state index is 11.9. The molecular weight excluding hydrogens is 268 g/mol. The number of sulfonamides is 1. The zero-order chi connectivity index (χ0) is 14.0. The summed E-state index contributed by atoms with van der Waals surface area (Å²) in [6.07, 6.45) is 0.615. The van der Waals surface area contributed by atoms with Gasteiger partial charge in [-0.2, -0.15) is 0 Å². The molecule has 0 unspecified atom stereocenters. The average Bonchev–Trinajstić information content (AvgIpc) is 2.68. The Balaban J connectivity index is 2.40. The number of benzene rings is 1. The third kappa shape index (κ3) is 2.81. The Hall–Kier alpha value is -1.76. The molecule has 2 rings (SSSR count). The Bertz CT molecular complexity index is 598. The van der Waals surface area contributed by atoms with Gasteiger partial charge in [-0.3, -0.25) is 9.10 Å². The first-order chi connectivity index (χ1) is 8.94. The van der Waals surface area contributed by atoms with E-state index < -0.39 is 10.0 Å². The molecule has 1 amide bonds. The minimum atomic E-state index is -3.23. The van der Waals surface area contributed by atoms with Crippen LogP contribution in [0.25, 0.3) is 0 Å². The second-order valence-corrected chi connectivity index (χ2v) is 6.32. The van der Waals surface area contributed by atoms with Crippen molar-refractivity contribution in [3.63, 3.8) is 0 Å². The molecule has 0 radical (unpaired) electrons. The highest BCUT2D eigenvalue weighted by atomic mass is 32.2. The first-order valence-corrected chi connectivity index (χ1v) is 7.51. The van der Waals surface area contributed by atoms with E-state index in [4.69, 9.17) is 4.74 Å². The minimum Gasteiger partial charge on any atom is -0.495 e. The van der Waals surface area contributed by atoms with Crippen molar-refractivity contribution in [3.8, 4) is 5.75 Å². The lowest BCUT2D eigenvalue weighted by Crippen LogP contribution is -2.25. The number of rotatable bonds is 3. The molecule has 0 aromatic heterocycles. The van der Waals surface area contributed by atoms with Crippen LogP contribution in [-0.4, -0.2) is 33.7 Å². The standard InChI is InChI=1S/C12H16N2O4S/c1-9(15)13-11-8-10(4-5-12(11)18-2)14-6-3-7-19(14,16)17/h4-5,8H,3,6-7H2,1-2H3,(H,13,15). The lowest BCUT2D eigenvalue weighted by molar-refractivity contribution is -0.114. The molecule has 104 valence electrons. The molecule has 1 aliphatic rings. The Morgan fingerprint density at radius 1 is 1.42 bits per heavy atom. The highest BCUT2D eigenvalue weighted by Gasteiger charge is 2.28. The van der Waals surface area contributed by atoms with E-state index in [2.05, 4.69) is 5.32 Å². The smallest absolute Gasteiger partial charge is 0.235 e. The number of ether oxygens (including phenoxy) is 1. The molecule has 0 saturated carbocycles. The molecule has 1 aromatic rings. The van der Waals surface area contributed by atoms with E-state index in [1.165, 1.54) is 18.3 Å². The Morgan fingerprint density at radius 3 is 2.68 bits per heavy atom. The van der Waals surface area contributed by atoms with Gasteiger partial charge in [-0.1, -0.05) is 0 Å². The molecule has 1 heterocycles. The molecule has 7 heteroatoms. The quantitative estimate of drug-likeness (QED) is 0.904. The van der Waals surface area contributed by atoms with Crippen molar-refractivity contribution in [3.05, 3.63) is 18.2 Å². The van der Waals surface area contributed by atoms with Crippen LogP contribution in [0.1, 0.15) is 13.3 Å². The zero-order valence-electron chi connectivity index (χ0n) is 10.8. The number of carbonyl (C=O) groups excluding carboxylic acids is 1. The molecule has 0 spiro atoms. The molecule has 1 aromatic carbocycles. The van der Waals surface area contributed by atoms with Gasteiger partial charge in [-0.25, -0.2) is 8.42 Å². The minimum absolute atomic E-state index is 0.161. The third-order valence-electron chi connectivity index (χ3n) is 2.88. The van der Waals surface area contributed by atoms with Crippen molar-refractivity contribution in [1.82, 2.24) is 0 Å². The van der Waals surface area contributed by atoms with E-state index in [1.807, 2.05) is 0 Å². The van der Waals surface area contributed by atoms with Gasteiger partial charge in [0.1, 0.15) is 5.75 Å². The second kappa shape index (κ2) is 5.08. The van der Waals surface area contributed by atoms with Gasteiger partial charge in [0.25, 0.3) is 0 Å². The summed E-state index contributed by atoms with van der Waals surface area (Å²) in [6.45, 7) is 1.85. The molecule has 1 aliphatic heterocycles. The predicted octanol–water partition coefficient (Wildman–Crippen LogP) is 1.19. The summed E-state index contributed by atoms with van der Waals surface area (Å²) in [4.78, 5) is 11.1. The lowest BCUT2D eigenvalue weighted by atomic mass is 10.2. The monoisotopic (exact) mass is 284 g/mol. The molecule has 1 N–H and O–H groups in total. The van der Waals surface area contributed by atoms with Gasteiger partial charge in [0.05, 0.1) is 24.2 Å². The van der Waals surface area contributed by atoms with Crippen molar-refractivity contribution >= 4 is 27.3 Å². The topological polar surface area (TPSA) is 75.7 Å². The first-order valence-electron chi connectivity index (χ1n) is 5.90. The molecule has 6 nitrogen and oxygen atoms in total. The van der Waals surface area contributed by atoms with Crippen LogP contribution >= 0.6 is 0 Å². The summed E-state index contributed by atoms with van der Waals surface area (Å²) in [5.41, 5.74) is 1.01. The third-order valence-corrected chi connectivity index (χ3v) is 4.75. The van der Waals surface area contributed by atoms with Crippen LogP contribution in [0, 0.1) is 0 Å². The summed E-state index contributed by atoms with van der Waals surface area (Å²) in [5.74, 6) is 0.421. The summed E-state index contributed by atoms with van der Waals surface area (Å²) in [7, 11) is -1.73. The molecule has 19 heavy (non-hydrogen) atoms. The van der Waals surface area contributed by atoms with E-state index in [0.29, 0.717) is 30.1 Å². The first kappa shape index (κ1) is 13.7. The van der Waals surface area contributed by atoms with Crippen molar-refractivity contribution < 1.29 is 17.9 Å². The average molecular weight is 284 g/mol. The summed E-state index contributed by atoms with van der Waals surface area (Å²) < 4.78 is 30.2. The summed E-state index contributed by atoms with van der Waals surface area (Å²) in [5, 5.41) is 2.63. The molecule has 1 saturated heterocycles. The Labute approximate surface area is 112 Å². The Kier molecular flexibility index (Phi) is 3.66. The number of amides is 1. The van der Waals surface area contributed by atoms with Gasteiger partial charge in [0.2, 0.25) is 15.9 Å². The fourth-order valence-electron chi connectivity index (χ4n) is 2.07. The Morgan fingerprint density at radius 2 is 2.16 bits per heavy atom. The molecule has 0 aliphatic carbocycles. The van der Waals surface area contributed by atoms with Crippen LogP contribution in [0.15, 0.2) is 18.2 Å². The number of methoxy groups -OCH3 is 1. The largest absolute Gasteiger partial charge is 0.495 e. The van der Waals surface area contributed by atoms with Gasteiger partial charge in [-0.15, -0.1) is 0 Å². The van der Waals surface area contributed by atoms with Crippen molar-refractivity contribution in [2.45, 2.75) is 13.3 Å². The summed E-state index contributed by atoms with van der Waals surface area (Å²) in [6, 6.07) is 4.94. The van der Waals surface area contributed by atoms with Gasteiger partial charge in [0, 0.05) is 13.5 Å². The highest BCUT2D eigenvalue weighted by molar-refractivity contribution is 7.93. The SMILES string of the molecule is COc1ccc(N2CCCS2(=O)=O)cc1NC(C)=O. The van der Waals surface area contributed by atoms with Crippen molar-refractivity contribution in [2.75, 3.05) is 29.0 Å². The second-order valence-electron chi connectivity index (χ2n) is 4.31. The fourth-order valence-corrected chi connectivity index (χ4v) is 3.62. The van der Waals surface area contributed by atoms with Crippen LogP contribution < -0.4 is 14.4 Å². The number of anilines is 2. The maximum absolute atomic E-state index is 11.9. The highest BCUT2D eigenvalue weighted by Crippen LogP contribution is 2.32. The fraction of sp³-hybridized carbons (Fsp3) is 0.417. The van der Waals surface area contributed by atoms with Crippen LogP contribution in [-0.2, 0) is 14.8 Å². The number of nitrogens with one attached hydrogen (secondary N) is 1. The van der Waals surface area contributed by atoms with E-state index in [-0.39, 0.29) is 11.7 Å². The van der Waals surface area contributed by atoms with Crippen molar-refractivity contribution in [2.24, 2.45) is 0 Å². The molecule has 1 fully saturated rings. The van der Waals surface area contributed by atoms with Crippen molar-refractivity contribution in [1.29, 1.82) is 0 Å². The number of hydrogen-bond acceptors (Lipinski definition) is 4. The zero-order valence-corrected chi connectivity index (χ0v) is 11.7.